The SMILES string of the molecule is Cc1cnoc1C(=O)N1C(C)CCCC1CN. The van der Waals surface area contributed by atoms with Crippen molar-refractivity contribution in [3.05, 3.63) is 17.5 Å². The minimum absolute atomic E-state index is 0.0809. The van der Waals surface area contributed by atoms with Crippen molar-refractivity contribution < 1.29 is 9.32 Å². The van der Waals surface area contributed by atoms with Gasteiger partial charge in [0.15, 0.2) is 0 Å². The lowest BCUT2D eigenvalue weighted by molar-refractivity contribution is 0.0452. The molecule has 0 radical (unpaired) electrons. The van der Waals surface area contributed by atoms with E-state index in [0.29, 0.717) is 12.3 Å². The number of carbonyl (C=O) groups excluding carboxylic acids is 1. The van der Waals surface area contributed by atoms with Crippen LogP contribution in [0.1, 0.15) is 42.3 Å². The molecule has 0 spiro atoms. The fourth-order valence-electron chi connectivity index (χ4n) is 2.50. The third-order valence-electron chi connectivity index (χ3n) is 3.48. The quantitative estimate of drug-likeness (QED) is 0.842. The average molecular weight is 237 g/mol. The van der Waals surface area contributed by atoms with Crippen LogP contribution in [0.2, 0.25) is 0 Å². The van der Waals surface area contributed by atoms with Crippen LogP contribution in [0.4, 0.5) is 0 Å². The molecule has 1 aromatic rings. The summed E-state index contributed by atoms with van der Waals surface area (Å²) in [5, 5.41) is 3.66. The largest absolute Gasteiger partial charge is 0.351 e. The van der Waals surface area contributed by atoms with E-state index in [1.165, 1.54) is 0 Å². The molecule has 1 aliphatic rings. The fraction of sp³-hybridized carbons (Fsp3) is 0.667. The van der Waals surface area contributed by atoms with Crippen molar-refractivity contribution in [3.8, 4) is 0 Å². The highest BCUT2D eigenvalue weighted by Crippen LogP contribution is 2.25. The van der Waals surface area contributed by atoms with Gasteiger partial charge < -0.3 is 15.2 Å². The predicted molar refractivity (Wildman–Crippen MR) is 63.6 cm³/mol. The number of nitrogens with two attached hydrogens (primary N) is 1. The Balaban J connectivity index is 2.24. The number of amides is 1. The molecule has 1 aromatic heterocycles. The predicted octanol–water partition coefficient (Wildman–Crippen LogP) is 1.32. The molecule has 0 bridgehead atoms. The second-order valence-electron chi connectivity index (χ2n) is 4.72. The molecule has 1 fully saturated rings. The van der Waals surface area contributed by atoms with Crippen molar-refractivity contribution in [1.29, 1.82) is 0 Å². The van der Waals surface area contributed by atoms with Gasteiger partial charge in [0.2, 0.25) is 5.76 Å². The molecule has 2 unspecified atom stereocenters. The molecule has 5 nitrogen and oxygen atoms in total. The van der Waals surface area contributed by atoms with Gasteiger partial charge in [0.1, 0.15) is 0 Å². The number of carbonyl (C=O) groups is 1. The van der Waals surface area contributed by atoms with Crippen LogP contribution < -0.4 is 5.73 Å². The fourth-order valence-corrected chi connectivity index (χ4v) is 2.50. The van der Waals surface area contributed by atoms with Gasteiger partial charge in [-0.05, 0) is 33.1 Å². The Kier molecular flexibility index (Phi) is 3.47. The van der Waals surface area contributed by atoms with Gasteiger partial charge in [-0.15, -0.1) is 0 Å². The van der Waals surface area contributed by atoms with Crippen molar-refractivity contribution in [3.63, 3.8) is 0 Å². The second-order valence-corrected chi connectivity index (χ2v) is 4.72. The van der Waals surface area contributed by atoms with E-state index in [1.54, 1.807) is 6.20 Å². The Morgan fingerprint density at radius 1 is 1.65 bits per heavy atom. The third-order valence-corrected chi connectivity index (χ3v) is 3.48. The number of hydrogen-bond acceptors (Lipinski definition) is 4. The summed E-state index contributed by atoms with van der Waals surface area (Å²) in [4.78, 5) is 14.3. The molecule has 17 heavy (non-hydrogen) atoms. The standard InChI is InChI=1S/C12H19N3O2/c1-8-7-14-17-11(8)12(16)15-9(2)4-3-5-10(15)6-13/h7,9-10H,3-6,13H2,1-2H3. The van der Waals surface area contributed by atoms with E-state index in [4.69, 9.17) is 10.3 Å². The number of aryl methyl sites for hydroxylation is 1. The molecule has 0 aromatic carbocycles. The highest BCUT2D eigenvalue weighted by Gasteiger charge is 2.33. The first-order chi connectivity index (χ1) is 8.15. The normalized spacial score (nSPS) is 25.0. The molecular weight excluding hydrogens is 218 g/mol. The van der Waals surface area contributed by atoms with E-state index < -0.39 is 0 Å². The Morgan fingerprint density at radius 3 is 3.00 bits per heavy atom. The molecule has 94 valence electrons. The monoisotopic (exact) mass is 237 g/mol. The maximum atomic E-state index is 12.4. The van der Waals surface area contributed by atoms with Gasteiger partial charge >= 0.3 is 0 Å². The number of likely N-dealkylation sites (tertiary alicyclic amines) is 1. The minimum atomic E-state index is -0.0809. The van der Waals surface area contributed by atoms with Gasteiger partial charge in [-0.3, -0.25) is 4.79 Å². The van der Waals surface area contributed by atoms with Crippen molar-refractivity contribution >= 4 is 5.91 Å². The second kappa shape index (κ2) is 4.87. The highest BCUT2D eigenvalue weighted by atomic mass is 16.5. The van der Waals surface area contributed by atoms with Gasteiger partial charge in [-0.2, -0.15) is 0 Å². The maximum absolute atomic E-state index is 12.4. The first-order valence-corrected chi connectivity index (χ1v) is 6.09. The van der Waals surface area contributed by atoms with Crippen LogP contribution in [0.3, 0.4) is 0 Å². The molecule has 1 saturated heterocycles. The number of rotatable bonds is 2. The van der Waals surface area contributed by atoms with Crippen LogP contribution in [-0.2, 0) is 0 Å². The first-order valence-electron chi connectivity index (χ1n) is 6.09. The van der Waals surface area contributed by atoms with Crippen LogP contribution in [0.5, 0.6) is 0 Å². The van der Waals surface area contributed by atoms with Crippen LogP contribution in [-0.4, -0.2) is 34.6 Å². The summed E-state index contributed by atoms with van der Waals surface area (Å²) in [7, 11) is 0. The third kappa shape index (κ3) is 2.20. The lowest BCUT2D eigenvalue weighted by Crippen LogP contribution is -2.51. The van der Waals surface area contributed by atoms with Gasteiger partial charge in [0, 0.05) is 24.2 Å². The molecule has 5 heteroatoms. The Labute approximate surface area is 101 Å². The number of piperidine rings is 1. The molecule has 2 heterocycles. The van der Waals surface area contributed by atoms with Gasteiger partial charge in [0.05, 0.1) is 6.20 Å². The lowest BCUT2D eigenvalue weighted by Gasteiger charge is -2.39. The summed E-state index contributed by atoms with van der Waals surface area (Å²) >= 11 is 0. The Bertz CT molecular complexity index is 402. The number of nitrogens with zero attached hydrogens (tertiary/aromatic N) is 2. The van der Waals surface area contributed by atoms with Gasteiger partial charge in [0.25, 0.3) is 5.91 Å². The van der Waals surface area contributed by atoms with Crippen LogP contribution in [0.25, 0.3) is 0 Å². The summed E-state index contributed by atoms with van der Waals surface area (Å²) in [6, 6.07) is 0.338. The molecule has 1 amide bonds. The maximum Gasteiger partial charge on any atom is 0.293 e. The van der Waals surface area contributed by atoms with E-state index in [0.717, 1.165) is 24.8 Å². The van der Waals surface area contributed by atoms with Crippen LogP contribution >= 0.6 is 0 Å². The van der Waals surface area contributed by atoms with Crippen LogP contribution in [0.15, 0.2) is 10.7 Å². The summed E-state index contributed by atoms with van der Waals surface area (Å²) < 4.78 is 5.04. The highest BCUT2D eigenvalue weighted by molar-refractivity contribution is 5.93. The lowest BCUT2D eigenvalue weighted by atomic mass is 9.96. The van der Waals surface area contributed by atoms with E-state index in [9.17, 15) is 4.79 Å². The van der Waals surface area contributed by atoms with Crippen LogP contribution in [0, 0.1) is 6.92 Å². The summed E-state index contributed by atoms with van der Waals surface area (Å²) in [6.07, 6.45) is 4.69. The molecule has 2 rings (SSSR count). The summed E-state index contributed by atoms with van der Waals surface area (Å²) in [6.45, 7) is 4.39. The van der Waals surface area contributed by atoms with E-state index in [-0.39, 0.29) is 18.0 Å². The summed E-state index contributed by atoms with van der Waals surface area (Å²) in [5.74, 6) is 0.264. The molecule has 1 aliphatic heterocycles. The number of aromatic nitrogens is 1. The summed E-state index contributed by atoms with van der Waals surface area (Å²) in [5.41, 5.74) is 6.53. The molecule has 2 atom stereocenters. The zero-order valence-corrected chi connectivity index (χ0v) is 10.3. The first kappa shape index (κ1) is 12.1. The van der Waals surface area contributed by atoms with Gasteiger partial charge in [-0.1, -0.05) is 5.16 Å². The molecule has 0 saturated carbocycles. The van der Waals surface area contributed by atoms with Crippen molar-refractivity contribution in [2.24, 2.45) is 5.73 Å². The Morgan fingerprint density at radius 2 is 2.41 bits per heavy atom. The topological polar surface area (TPSA) is 72.4 Å². The minimum Gasteiger partial charge on any atom is -0.351 e. The Hall–Kier alpha value is -1.36. The van der Waals surface area contributed by atoms with Gasteiger partial charge in [-0.25, -0.2) is 0 Å². The van der Waals surface area contributed by atoms with Crippen molar-refractivity contribution in [1.82, 2.24) is 10.1 Å². The smallest absolute Gasteiger partial charge is 0.293 e. The number of hydrogen-bond donors (Lipinski definition) is 1. The zero-order valence-electron chi connectivity index (χ0n) is 10.3. The average Bonchev–Trinajstić information content (AvgIpc) is 2.74. The van der Waals surface area contributed by atoms with Crippen molar-refractivity contribution in [2.75, 3.05) is 6.54 Å². The zero-order chi connectivity index (χ0) is 12.4. The van der Waals surface area contributed by atoms with E-state index in [1.807, 2.05) is 11.8 Å². The van der Waals surface area contributed by atoms with E-state index in [2.05, 4.69) is 12.1 Å². The molecular formula is C12H19N3O2. The molecule has 2 N–H and O–H groups in total. The molecule has 0 aliphatic carbocycles. The van der Waals surface area contributed by atoms with E-state index >= 15 is 0 Å². The van der Waals surface area contributed by atoms with Crippen molar-refractivity contribution in [2.45, 2.75) is 45.2 Å².